The van der Waals surface area contributed by atoms with Gasteiger partial charge in [-0.2, -0.15) is 5.26 Å². The molecule has 0 saturated carbocycles. The second-order valence-electron chi connectivity index (χ2n) is 14.5. The van der Waals surface area contributed by atoms with Crippen molar-refractivity contribution in [1.82, 2.24) is 15.1 Å². The summed E-state index contributed by atoms with van der Waals surface area (Å²) < 4.78 is 22.5. The van der Waals surface area contributed by atoms with E-state index in [1.807, 2.05) is 13.8 Å². The molecule has 1 aromatic carbocycles. The van der Waals surface area contributed by atoms with Gasteiger partial charge in [0.15, 0.2) is 5.60 Å². The normalized spacial score (nSPS) is 25.0. The van der Waals surface area contributed by atoms with E-state index in [1.54, 1.807) is 35.2 Å². The summed E-state index contributed by atoms with van der Waals surface area (Å²) in [5.41, 5.74) is -1.99. The van der Waals surface area contributed by atoms with Gasteiger partial charge in [-0.25, -0.2) is 9.59 Å². The largest absolute Gasteiger partial charge is 0.552 e. The molecule has 0 radical (unpaired) electrons. The lowest BCUT2D eigenvalue weighted by Crippen LogP contribution is -2.61. The molecule has 16 heteroatoms. The second kappa shape index (κ2) is 17.3. The maximum absolute atomic E-state index is 13.8. The first-order chi connectivity index (χ1) is 24.1. The molecule has 3 saturated heterocycles. The molecule has 2 unspecified atom stereocenters. The number of carboxylic acids is 2. The van der Waals surface area contributed by atoms with Gasteiger partial charge in [0.1, 0.15) is 12.0 Å². The van der Waals surface area contributed by atoms with Crippen LogP contribution >= 0.6 is 0 Å². The van der Waals surface area contributed by atoms with E-state index in [9.17, 15) is 39.4 Å². The Morgan fingerprint density at radius 3 is 2.53 bits per heavy atom. The number of nitrogens with one attached hydrogen (secondary N) is 1. The van der Waals surface area contributed by atoms with Crippen molar-refractivity contribution in [2.75, 3.05) is 32.8 Å². The number of nitriles is 1. The number of carbonyl (C=O) groups excluding carboxylic acids is 3. The van der Waals surface area contributed by atoms with E-state index in [2.05, 4.69) is 30.1 Å². The molecule has 0 aromatic heterocycles. The molecule has 0 bridgehead atoms. The van der Waals surface area contributed by atoms with Gasteiger partial charge in [0.05, 0.1) is 44.1 Å². The van der Waals surface area contributed by atoms with Crippen molar-refractivity contribution >= 4 is 37.0 Å². The third kappa shape index (κ3) is 10.7. The minimum absolute atomic E-state index is 0.0212. The van der Waals surface area contributed by atoms with Crippen molar-refractivity contribution in [3.05, 3.63) is 35.9 Å². The smallest absolute Gasteiger partial charge is 0.508 e. The van der Waals surface area contributed by atoms with Crippen molar-refractivity contribution in [2.24, 2.45) is 11.8 Å². The van der Waals surface area contributed by atoms with E-state index in [0.717, 1.165) is 13.1 Å². The highest BCUT2D eigenvalue weighted by Crippen LogP contribution is 2.32. The van der Waals surface area contributed by atoms with Crippen LogP contribution in [0.15, 0.2) is 30.3 Å². The van der Waals surface area contributed by atoms with Crippen LogP contribution in [0.4, 0.5) is 4.79 Å². The molecule has 3 aliphatic rings. The van der Waals surface area contributed by atoms with Gasteiger partial charge in [-0.1, -0.05) is 37.3 Å². The van der Waals surface area contributed by atoms with E-state index in [-0.39, 0.29) is 36.4 Å². The van der Waals surface area contributed by atoms with Crippen LogP contribution in [-0.4, -0.2) is 119 Å². The van der Waals surface area contributed by atoms with Gasteiger partial charge < -0.3 is 39.2 Å². The molecule has 1 aromatic rings. The van der Waals surface area contributed by atoms with Crippen LogP contribution in [0.1, 0.15) is 71.8 Å². The lowest BCUT2D eigenvalue weighted by molar-refractivity contribution is -0.175. The Hall–Kier alpha value is -4.20. The molecule has 3 heterocycles. The van der Waals surface area contributed by atoms with Crippen molar-refractivity contribution in [3.8, 4) is 6.07 Å². The summed E-state index contributed by atoms with van der Waals surface area (Å²) in [6.07, 6.45) is -0.988. The Labute approximate surface area is 298 Å². The summed E-state index contributed by atoms with van der Waals surface area (Å²) in [5, 5.41) is 32.1. The molecule has 2 amide bonds. The van der Waals surface area contributed by atoms with Crippen LogP contribution in [0.25, 0.3) is 0 Å². The summed E-state index contributed by atoms with van der Waals surface area (Å²) in [5.74, 6) is -6.78. The van der Waals surface area contributed by atoms with Crippen LogP contribution in [0.3, 0.4) is 0 Å². The minimum atomic E-state index is -2.40. The molecule has 3 fully saturated rings. The number of amides is 2. The van der Waals surface area contributed by atoms with Crippen LogP contribution in [-0.2, 0) is 44.4 Å². The zero-order valence-corrected chi connectivity index (χ0v) is 29.7. The topological polar surface area (TPSA) is 205 Å². The van der Waals surface area contributed by atoms with Crippen molar-refractivity contribution in [1.29, 1.82) is 5.26 Å². The first-order valence-corrected chi connectivity index (χ1v) is 17.5. The summed E-state index contributed by atoms with van der Waals surface area (Å²) in [4.78, 5) is 67.5. The summed E-state index contributed by atoms with van der Waals surface area (Å²) in [7, 11) is -1.65. The van der Waals surface area contributed by atoms with Gasteiger partial charge in [0, 0.05) is 25.2 Å². The highest BCUT2D eigenvalue weighted by Gasteiger charge is 2.55. The fraction of sp³-hybridized carbons (Fsp3) is 0.657. The number of hydrogen-bond donors (Lipinski definition) is 3. The molecule has 278 valence electrons. The van der Waals surface area contributed by atoms with E-state index >= 15 is 0 Å². The number of hydrogen-bond acceptors (Lipinski definition) is 11. The van der Waals surface area contributed by atoms with Crippen molar-refractivity contribution in [2.45, 2.75) is 102 Å². The highest BCUT2D eigenvalue weighted by molar-refractivity contribution is 6.50. The monoisotopic (exact) mass is 712 g/mol. The molecule has 0 aliphatic carbocycles. The maximum atomic E-state index is 13.8. The quantitative estimate of drug-likeness (QED) is 0.252. The standard InChI is InChI=1S/C35H49BN4O11/c1-23(17-34(3,4)40-14-15-48-24(2)21-40)27(20-37)31(44)39-13-9-8-12-26(22-39)49-33(47)38-28(16-25-10-6-5-7-11-25)36-50-30(43)19-35(51-36,32(45)46)18-29(41)42/h5-7,10-11,23-24,26-28H,8-9,12-19,21-22H2,1-4H3,(H,38,47)(H,41,42)(H,45,46)/t23-,24+,26+,27?,28-,35?/m0/s1. The zero-order valence-electron chi connectivity index (χ0n) is 29.7. The molecule has 4 rings (SSSR count). The zero-order chi connectivity index (χ0) is 37.3. The van der Waals surface area contributed by atoms with E-state index in [4.69, 9.17) is 18.8 Å². The predicted octanol–water partition coefficient (Wildman–Crippen LogP) is 2.66. The van der Waals surface area contributed by atoms with Gasteiger partial charge in [0.25, 0.3) is 5.97 Å². The number of morpholine rings is 1. The van der Waals surface area contributed by atoms with Crippen molar-refractivity contribution in [3.63, 3.8) is 0 Å². The molecule has 15 nitrogen and oxygen atoms in total. The third-order valence-corrected chi connectivity index (χ3v) is 9.88. The fourth-order valence-corrected chi connectivity index (χ4v) is 7.25. The van der Waals surface area contributed by atoms with E-state index in [1.165, 1.54) is 0 Å². The maximum Gasteiger partial charge on any atom is 0.552 e. The molecular weight excluding hydrogens is 663 g/mol. The summed E-state index contributed by atoms with van der Waals surface area (Å²) in [6.45, 7) is 10.8. The van der Waals surface area contributed by atoms with Crippen LogP contribution in [0, 0.1) is 23.2 Å². The third-order valence-electron chi connectivity index (χ3n) is 9.88. The lowest BCUT2D eigenvalue weighted by Gasteiger charge is -2.44. The number of likely N-dealkylation sites (tertiary alicyclic amines) is 1. The van der Waals surface area contributed by atoms with Crippen LogP contribution in [0.5, 0.6) is 0 Å². The van der Waals surface area contributed by atoms with Gasteiger partial charge in [-0.05, 0) is 64.4 Å². The lowest BCUT2D eigenvalue weighted by atomic mass is 9.71. The summed E-state index contributed by atoms with van der Waals surface area (Å²) in [6, 6.07) is 11.0. The Morgan fingerprint density at radius 1 is 1.16 bits per heavy atom. The van der Waals surface area contributed by atoms with Gasteiger partial charge >= 0.3 is 25.2 Å². The Bertz CT molecular complexity index is 1450. The summed E-state index contributed by atoms with van der Waals surface area (Å²) >= 11 is 0. The Balaban J connectivity index is 1.45. The van der Waals surface area contributed by atoms with Crippen molar-refractivity contribution < 1.29 is 53.0 Å². The first kappa shape index (κ1) is 39.6. The average molecular weight is 713 g/mol. The number of ether oxygens (including phenoxy) is 2. The predicted molar refractivity (Wildman–Crippen MR) is 182 cm³/mol. The van der Waals surface area contributed by atoms with Gasteiger partial charge in [-0.15, -0.1) is 0 Å². The van der Waals surface area contributed by atoms with E-state index in [0.29, 0.717) is 44.4 Å². The van der Waals surface area contributed by atoms with E-state index < -0.39 is 67.5 Å². The number of rotatable bonds is 13. The number of alkyl carbamates (subject to hydrolysis) is 1. The Morgan fingerprint density at radius 2 is 1.88 bits per heavy atom. The Kier molecular flexibility index (Phi) is 13.5. The number of carbonyl (C=O) groups is 5. The molecule has 0 spiro atoms. The first-order valence-electron chi connectivity index (χ1n) is 17.5. The number of carboxylic acid groups (broad SMARTS) is 2. The number of aliphatic carboxylic acids is 2. The molecule has 3 aliphatic heterocycles. The SMILES string of the molecule is C[C@@H]1CN(C(C)(C)C[C@H](C)C(C#N)C(=O)N2CCCC[C@@H](OC(=O)N[C@@H](Cc3ccccc3)B3OC(=O)CC(CC(=O)O)(C(=O)O)O3)C2)CCO1. The molecule has 6 atom stereocenters. The number of nitrogens with zero attached hydrogens (tertiary/aromatic N) is 3. The fourth-order valence-electron chi connectivity index (χ4n) is 7.25. The minimum Gasteiger partial charge on any atom is -0.508 e. The molecule has 51 heavy (non-hydrogen) atoms. The molecular formula is C35H49BN4O11. The highest BCUT2D eigenvalue weighted by atomic mass is 16.7. The van der Waals surface area contributed by atoms with Crippen LogP contribution in [0.2, 0.25) is 0 Å². The van der Waals surface area contributed by atoms with Crippen LogP contribution < -0.4 is 5.32 Å². The second-order valence-corrected chi connectivity index (χ2v) is 14.5. The van der Waals surface area contributed by atoms with Gasteiger partial charge in [0.2, 0.25) is 5.91 Å². The molecule has 3 N–H and O–H groups in total. The number of benzene rings is 1. The average Bonchev–Trinajstić information content (AvgIpc) is 3.30. The van der Waals surface area contributed by atoms with Gasteiger partial charge in [-0.3, -0.25) is 19.3 Å².